The van der Waals surface area contributed by atoms with Crippen LogP contribution in [0.2, 0.25) is 0 Å². The number of allylic oxidation sites excluding steroid dienone is 1. The number of anilines is 1. The topological polar surface area (TPSA) is 167 Å². The monoisotopic (exact) mass is 620 g/mol. The summed E-state index contributed by atoms with van der Waals surface area (Å²) in [6.45, 7) is 7.82. The van der Waals surface area contributed by atoms with Gasteiger partial charge in [0.1, 0.15) is 16.5 Å². The van der Waals surface area contributed by atoms with Crippen LogP contribution in [0.3, 0.4) is 0 Å². The summed E-state index contributed by atoms with van der Waals surface area (Å²) in [7, 11) is -4.23. The van der Waals surface area contributed by atoms with E-state index in [2.05, 4.69) is 23.8 Å². The number of aromatic nitrogens is 1. The number of benzene rings is 1. The van der Waals surface area contributed by atoms with Crippen molar-refractivity contribution in [2.24, 2.45) is 10.9 Å². The lowest BCUT2D eigenvalue weighted by molar-refractivity contribution is -0.384. The van der Waals surface area contributed by atoms with Gasteiger partial charge in [0.2, 0.25) is 5.91 Å². The number of hydrogen-bond acceptors (Lipinski definition) is 10. The molecule has 2 heterocycles. The van der Waals surface area contributed by atoms with E-state index in [1.807, 2.05) is 0 Å². The average Bonchev–Trinajstić information content (AvgIpc) is 3.39. The lowest BCUT2D eigenvalue weighted by Crippen LogP contribution is -2.28. The number of fused-ring (bicyclic) bond motifs is 2. The Kier molecular flexibility index (Phi) is 9.19. The van der Waals surface area contributed by atoms with Crippen LogP contribution in [0.5, 0.6) is 0 Å². The molecule has 4 rings (SSSR count). The van der Waals surface area contributed by atoms with Crippen LogP contribution in [0.1, 0.15) is 41.1 Å². The number of nitrogens with one attached hydrogen (secondary N) is 1. The van der Waals surface area contributed by atoms with Crippen molar-refractivity contribution in [1.29, 1.82) is 0 Å². The predicted octanol–water partition coefficient (Wildman–Crippen LogP) is 3.64. The number of rotatable bonds is 10. The van der Waals surface area contributed by atoms with Crippen LogP contribution >= 0.6 is 22.7 Å². The number of nitrogens with zero attached hydrogens (tertiary/aromatic N) is 3. The van der Waals surface area contributed by atoms with Gasteiger partial charge in [0, 0.05) is 23.6 Å². The van der Waals surface area contributed by atoms with Crippen molar-refractivity contribution in [3.63, 3.8) is 0 Å². The molecule has 1 N–H and O–H groups in total. The number of thiazole rings is 1. The highest BCUT2D eigenvalue weighted by Gasteiger charge is 2.30. The van der Waals surface area contributed by atoms with Gasteiger partial charge < -0.3 is 14.6 Å². The highest BCUT2D eigenvalue weighted by molar-refractivity contribution is 7.92. The molecule has 41 heavy (non-hydrogen) atoms. The molecular formula is C26H28N4O8S3. The highest BCUT2D eigenvalue weighted by Crippen LogP contribution is 2.40. The molecule has 1 aromatic carbocycles. The maximum absolute atomic E-state index is 12.8. The molecular weight excluding hydrogens is 593 g/mol. The smallest absolute Gasteiger partial charge is 0.341 e. The van der Waals surface area contributed by atoms with E-state index >= 15 is 0 Å². The largest absolute Gasteiger partial charge is 0.462 e. The zero-order valence-electron chi connectivity index (χ0n) is 22.4. The summed E-state index contributed by atoms with van der Waals surface area (Å²) < 4.78 is 32.8. The molecule has 0 aliphatic heterocycles. The SMILES string of the molecule is C=CCn1c(=NC(=O)CS(=O)(=O)CC(=O)Nc2sc3c(c2C(=O)OCC)CCC(C)C3)sc2cc([N+](=O)[O-])ccc21. The Hall–Kier alpha value is -3.69. The molecule has 1 aliphatic carbocycles. The van der Waals surface area contributed by atoms with E-state index < -0.39 is 44.0 Å². The van der Waals surface area contributed by atoms with Gasteiger partial charge in [0.05, 0.1) is 27.3 Å². The third-order valence-corrected chi connectivity index (χ3v) is 9.95. The van der Waals surface area contributed by atoms with Crippen LogP contribution < -0.4 is 10.1 Å². The third-order valence-electron chi connectivity index (χ3n) is 6.35. The van der Waals surface area contributed by atoms with Crippen molar-refractivity contribution in [3.8, 4) is 0 Å². The van der Waals surface area contributed by atoms with Crippen LogP contribution in [-0.2, 0) is 43.5 Å². The Morgan fingerprint density at radius 3 is 2.73 bits per heavy atom. The van der Waals surface area contributed by atoms with Gasteiger partial charge in [0.15, 0.2) is 14.6 Å². The fraction of sp³-hybridized carbons (Fsp3) is 0.385. The van der Waals surface area contributed by atoms with Gasteiger partial charge in [-0.3, -0.25) is 19.7 Å². The van der Waals surface area contributed by atoms with Crippen LogP contribution in [0, 0.1) is 16.0 Å². The normalized spacial score (nSPS) is 15.4. The standard InChI is InChI=1S/C26H28N4O8S3/c1-4-10-29-18-9-7-16(30(34)35)12-20(18)40-26(29)28-22(32)14-41(36,37)13-21(31)27-24-23(25(33)38-5-2)17-8-6-15(3)11-19(17)39-24/h4,7,9,12,15H,1,5-6,8,10-11,13-14H2,2-3H3,(H,27,31). The van der Waals surface area contributed by atoms with E-state index in [4.69, 9.17) is 4.74 Å². The molecule has 0 saturated carbocycles. The number of nitro groups is 1. The summed E-state index contributed by atoms with van der Waals surface area (Å²) >= 11 is 2.23. The minimum Gasteiger partial charge on any atom is -0.462 e. The van der Waals surface area contributed by atoms with Crippen LogP contribution in [-0.4, -0.2) is 53.8 Å². The lowest BCUT2D eigenvalue weighted by Gasteiger charge is -2.18. The van der Waals surface area contributed by atoms with Gasteiger partial charge in [-0.05, 0) is 43.7 Å². The van der Waals surface area contributed by atoms with E-state index in [0.29, 0.717) is 22.6 Å². The summed E-state index contributed by atoms with van der Waals surface area (Å²) in [6.07, 6.45) is 3.83. The second kappa shape index (κ2) is 12.4. The molecule has 218 valence electrons. The molecule has 0 spiro atoms. The highest BCUT2D eigenvalue weighted by atomic mass is 32.2. The zero-order chi connectivity index (χ0) is 29.9. The van der Waals surface area contributed by atoms with E-state index in [9.17, 15) is 32.9 Å². The van der Waals surface area contributed by atoms with E-state index in [1.165, 1.54) is 29.5 Å². The lowest BCUT2D eigenvalue weighted by atomic mass is 9.88. The van der Waals surface area contributed by atoms with Crippen molar-refractivity contribution < 1.29 is 32.5 Å². The number of nitro benzene ring substituents is 1. The number of ether oxygens (including phenoxy) is 1. The summed E-state index contributed by atoms with van der Waals surface area (Å²) in [5.74, 6) is -4.05. The first-order chi connectivity index (χ1) is 19.4. The summed E-state index contributed by atoms with van der Waals surface area (Å²) in [6, 6.07) is 4.19. The molecule has 0 radical (unpaired) electrons. The Morgan fingerprint density at radius 2 is 2.05 bits per heavy atom. The molecule has 1 atom stereocenters. The minimum atomic E-state index is -4.23. The first-order valence-corrected chi connectivity index (χ1v) is 16.2. The Labute approximate surface area is 243 Å². The van der Waals surface area contributed by atoms with Crippen molar-refractivity contribution in [1.82, 2.24) is 4.57 Å². The van der Waals surface area contributed by atoms with E-state index in [0.717, 1.165) is 34.6 Å². The Bertz CT molecular complexity index is 1730. The fourth-order valence-electron chi connectivity index (χ4n) is 4.56. The maximum atomic E-state index is 12.8. The molecule has 0 fully saturated rings. The molecule has 2 aromatic heterocycles. The van der Waals surface area contributed by atoms with E-state index in [1.54, 1.807) is 17.6 Å². The number of esters is 1. The van der Waals surface area contributed by atoms with Gasteiger partial charge in [-0.25, -0.2) is 13.2 Å². The first-order valence-electron chi connectivity index (χ1n) is 12.7. The van der Waals surface area contributed by atoms with Crippen molar-refractivity contribution in [3.05, 3.63) is 61.8 Å². The molecule has 0 bridgehead atoms. The predicted molar refractivity (Wildman–Crippen MR) is 156 cm³/mol. The van der Waals surface area contributed by atoms with Gasteiger partial charge in [-0.15, -0.1) is 17.9 Å². The number of non-ortho nitro benzene ring substituents is 1. The molecule has 2 amide bonds. The van der Waals surface area contributed by atoms with E-state index in [-0.39, 0.29) is 34.2 Å². The quantitative estimate of drug-likeness (QED) is 0.155. The fourth-order valence-corrected chi connectivity index (χ4v) is 8.08. The Morgan fingerprint density at radius 1 is 1.29 bits per heavy atom. The number of carbonyl (C=O) groups excluding carboxylic acids is 3. The van der Waals surface area contributed by atoms with Crippen LogP contribution in [0.15, 0.2) is 35.8 Å². The van der Waals surface area contributed by atoms with Crippen molar-refractivity contribution >= 4 is 71.2 Å². The number of hydrogen-bond donors (Lipinski definition) is 1. The van der Waals surface area contributed by atoms with Gasteiger partial charge in [-0.2, -0.15) is 4.99 Å². The molecule has 0 saturated heterocycles. The second-order valence-corrected chi connectivity index (χ2v) is 13.7. The van der Waals surface area contributed by atoms with Crippen LogP contribution in [0.4, 0.5) is 10.7 Å². The molecule has 1 aliphatic rings. The second-order valence-electron chi connectivity index (χ2n) is 9.56. The van der Waals surface area contributed by atoms with Crippen molar-refractivity contribution in [2.75, 3.05) is 23.4 Å². The average molecular weight is 621 g/mol. The number of sulfone groups is 1. The van der Waals surface area contributed by atoms with Gasteiger partial charge >= 0.3 is 5.97 Å². The summed E-state index contributed by atoms with van der Waals surface area (Å²) in [5, 5.41) is 13.9. The molecule has 1 unspecified atom stereocenters. The number of thiophene rings is 1. The third kappa shape index (κ3) is 6.97. The zero-order valence-corrected chi connectivity index (χ0v) is 24.8. The van der Waals surface area contributed by atoms with Gasteiger partial charge in [0.25, 0.3) is 11.6 Å². The molecule has 12 nitrogen and oxygen atoms in total. The summed E-state index contributed by atoms with van der Waals surface area (Å²) in [4.78, 5) is 53.7. The minimum absolute atomic E-state index is 0.136. The van der Waals surface area contributed by atoms with Crippen LogP contribution in [0.25, 0.3) is 10.2 Å². The number of amides is 2. The first kappa shape index (κ1) is 30.3. The number of carbonyl (C=O) groups is 3. The Balaban J connectivity index is 1.53. The van der Waals surface area contributed by atoms with Gasteiger partial charge in [-0.1, -0.05) is 24.3 Å². The molecule has 3 aromatic rings. The van der Waals surface area contributed by atoms with Crippen molar-refractivity contribution in [2.45, 2.75) is 39.7 Å². The molecule has 15 heteroatoms. The summed E-state index contributed by atoms with van der Waals surface area (Å²) in [5.41, 5.74) is 1.51. The maximum Gasteiger partial charge on any atom is 0.341 e.